The molecular formula is C23H30N2O. The van der Waals surface area contributed by atoms with Crippen LogP contribution in [-0.2, 0) is 0 Å². The molecule has 0 radical (unpaired) electrons. The summed E-state index contributed by atoms with van der Waals surface area (Å²) in [6.07, 6.45) is 0.938. The summed E-state index contributed by atoms with van der Waals surface area (Å²) < 4.78 is 0. The predicted molar refractivity (Wildman–Crippen MR) is 109 cm³/mol. The summed E-state index contributed by atoms with van der Waals surface area (Å²) in [6.45, 7) is 15.1. The first-order chi connectivity index (χ1) is 12.4. The molecule has 1 atom stereocenters. The molecule has 0 bridgehead atoms. The Balaban J connectivity index is 1.72. The summed E-state index contributed by atoms with van der Waals surface area (Å²) in [6, 6.07) is 11.2. The van der Waals surface area contributed by atoms with Crippen molar-refractivity contribution in [2.24, 2.45) is 0 Å². The largest absolute Gasteiger partial charge is 0.369 e. The fraction of sp³-hybridized carbons (Fsp3) is 0.435. The molecule has 0 N–H and O–H groups in total. The Bertz CT molecular complexity index is 781. The lowest BCUT2D eigenvalue weighted by atomic mass is 9.98. The minimum Gasteiger partial charge on any atom is -0.369 e. The van der Waals surface area contributed by atoms with Gasteiger partial charge in [-0.1, -0.05) is 23.8 Å². The molecule has 0 aromatic heterocycles. The van der Waals surface area contributed by atoms with Gasteiger partial charge in [0.15, 0.2) is 0 Å². The number of hydrogen-bond donors (Lipinski definition) is 0. The first kappa shape index (κ1) is 18.7. The van der Waals surface area contributed by atoms with Crippen LogP contribution in [-0.4, -0.2) is 37.4 Å². The SMILES string of the molecule is Cc1ccc([C@@H](C)N2CCN(c3c(C)cc(C=O)cc3C)CC2)c(C)c1. The number of rotatable bonds is 4. The van der Waals surface area contributed by atoms with Crippen LogP contribution in [0.1, 0.15) is 51.1 Å². The summed E-state index contributed by atoms with van der Waals surface area (Å²) in [5.74, 6) is 0. The van der Waals surface area contributed by atoms with Gasteiger partial charge in [-0.25, -0.2) is 0 Å². The molecule has 0 saturated carbocycles. The van der Waals surface area contributed by atoms with Gasteiger partial charge in [0.2, 0.25) is 0 Å². The Morgan fingerprint density at radius 1 is 0.885 bits per heavy atom. The average Bonchev–Trinajstić information content (AvgIpc) is 2.61. The number of hydrogen-bond acceptors (Lipinski definition) is 3. The zero-order valence-electron chi connectivity index (χ0n) is 16.7. The van der Waals surface area contributed by atoms with E-state index < -0.39 is 0 Å². The highest BCUT2D eigenvalue weighted by molar-refractivity contribution is 5.78. The van der Waals surface area contributed by atoms with Gasteiger partial charge >= 0.3 is 0 Å². The van der Waals surface area contributed by atoms with Crippen LogP contribution in [0.15, 0.2) is 30.3 Å². The Morgan fingerprint density at radius 3 is 2.04 bits per heavy atom. The Kier molecular flexibility index (Phi) is 5.47. The number of aldehydes is 1. The maximum Gasteiger partial charge on any atom is 0.150 e. The van der Waals surface area contributed by atoms with Crippen LogP contribution in [0.4, 0.5) is 5.69 Å². The van der Waals surface area contributed by atoms with Crippen molar-refractivity contribution in [1.29, 1.82) is 0 Å². The van der Waals surface area contributed by atoms with Gasteiger partial charge in [0.25, 0.3) is 0 Å². The van der Waals surface area contributed by atoms with Crippen molar-refractivity contribution < 1.29 is 4.79 Å². The standard InChI is InChI=1S/C23H30N2O/c1-16-6-7-22(17(2)12-16)20(5)24-8-10-25(11-9-24)23-18(3)13-21(15-26)14-19(23)4/h6-7,12-15,20H,8-11H2,1-5H3/t20-/m1/s1. The van der Waals surface area contributed by atoms with E-state index in [0.717, 1.165) is 38.0 Å². The van der Waals surface area contributed by atoms with Gasteiger partial charge in [-0.3, -0.25) is 9.69 Å². The Morgan fingerprint density at radius 2 is 1.50 bits per heavy atom. The number of benzene rings is 2. The van der Waals surface area contributed by atoms with Crippen LogP contribution >= 0.6 is 0 Å². The third-order valence-corrected chi connectivity index (χ3v) is 5.70. The first-order valence-corrected chi connectivity index (χ1v) is 9.53. The number of nitrogens with zero attached hydrogens (tertiary/aromatic N) is 2. The lowest BCUT2D eigenvalue weighted by Gasteiger charge is -2.40. The third-order valence-electron chi connectivity index (χ3n) is 5.70. The molecule has 0 unspecified atom stereocenters. The monoisotopic (exact) mass is 350 g/mol. The maximum absolute atomic E-state index is 11.1. The van der Waals surface area contributed by atoms with E-state index in [1.807, 2.05) is 12.1 Å². The van der Waals surface area contributed by atoms with Gasteiger partial charge in [0.05, 0.1) is 0 Å². The smallest absolute Gasteiger partial charge is 0.150 e. The molecule has 1 saturated heterocycles. The van der Waals surface area contributed by atoms with Gasteiger partial charge < -0.3 is 4.90 Å². The number of carbonyl (C=O) groups is 1. The minimum absolute atomic E-state index is 0.442. The van der Waals surface area contributed by atoms with Crippen LogP contribution in [0.5, 0.6) is 0 Å². The molecule has 3 nitrogen and oxygen atoms in total. The van der Waals surface area contributed by atoms with E-state index in [9.17, 15) is 4.79 Å². The molecule has 1 aliphatic rings. The molecular weight excluding hydrogens is 320 g/mol. The number of anilines is 1. The molecule has 0 spiro atoms. The number of aryl methyl sites for hydroxylation is 4. The van der Waals surface area contributed by atoms with Crippen molar-refractivity contribution in [1.82, 2.24) is 4.90 Å². The molecule has 26 heavy (non-hydrogen) atoms. The van der Waals surface area contributed by atoms with E-state index in [1.54, 1.807) is 0 Å². The summed E-state index contributed by atoms with van der Waals surface area (Å²) in [4.78, 5) is 16.1. The Labute approximate surface area is 157 Å². The second-order valence-electron chi connectivity index (χ2n) is 7.68. The van der Waals surface area contributed by atoms with Crippen LogP contribution in [0.2, 0.25) is 0 Å². The van der Waals surface area contributed by atoms with Gasteiger partial charge in [-0.2, -0.15) is 0 Å². The highest BCUT2D eigenvalue weighted by atomic mass is 16.1. The van der Waals surface area contributed by atoms with Gasteiger partial charge in [0, 0.05) is 43.5 Å². The average molecular weight is 351 g/mol. The molecule has 1 aliphatic heterocycles. The van der Waals surface area contributed by atoms with Crippen LogP contribution in [0.3, 0.4) is 0 Å². The second kappa shape index (κ2) is 7.63. The lowest BCUT2D eigenvalue weighted by molar-refractivity contribution is 0.112. The highest BCUT2D eigenvalue weighted by Crippen LogP contribution is 2.30. The molecule has 3 rings (SSSR count). The summed E-state index contributed by atoms with van der Waals surface area (Å²) in [7, 11) is 0. The minimum atomic E-state index is 0.442. The first-order valence-electron chi connectivity index (χ1n) is 9.53. The quantitative estimate of drug-likeness (QED) is 0.752. The lowest BCUT2D eigenvalue weighted by Crippen LogP contribution is -2.47. The molecule has 0 aliphatic carbocycles. The molecule has 0 amide bonds. The zero-order valence-corrected chi connectivity index (χ0v) is 16.7. The van der Waals surface area contributed by atoms with Crippen molar-refractivity contribution in [3.05, 3.63) is 63.7 Å². The molecule has 3 heteroatoms. The van der Waals surface area contributed by atoms with Crippen LogP contribution < -0.4 is 4.90 Å². The molecule has 2 aromatic rings. The molecule has 1 fully saturated rings. The summed E-state index contributed by atoms with van der Waals surface area (Å²) >= 11 is 0. The number of carbonyl (C=O) groups excluding carboxylic acids is 1. The second-order valence-corrected chi connectivity index (χ2v) is 7.68. The van der Waals surface area contributed by atoms with E-state index in [4.69, 9.17) is 0 Å². The molecule has 2 aromatic carbocycles. The fourth-order valence-corrected chi connectivity index (χ4v) is 4.38. The summed E-state index contributed by atoms with van der Waals surface area (Å²) in [5.41, 5.74) is 8.61. The van der Waals surface area contributed by atoms with Crippen LogP contribution in [0, 0.1) is 27.7 Å². The third kappa shape index (κ3) is 3.68. The van der Waals surface area contributed by atoms with Gasteiger partial charge in [-0.05, 0) is 69.0 Å². The van der Waals surface area contributed by atoms with E-state index >= 15 is 0 Å². The maximum atomic E-state index is 11.1. The highest BCUT2D eigenvalue weighted by Gasteiger charge is 2.24. The van der Waals surface area contributed by atoms with E-state index in [0.29, 0.717) is 6.04 Å². The topological polar surface area (TPSA) is 23.6 Å². The zero-order chi connectivity index (χ0) is 18.8. The molecule has 138 valence electrons. The van der Waals surface area contributed by atoms with E-state index in [2.05, 4.69) is 62.6 Å². The van der Waals surface area contributed by atoms with Gasteiger partial charge in [0.1, 0.15) is 6.29 Å². The van der Waals surface area contributed by atoms with E-state index in [-0.39, 0.29) is 0 Å². The van der Waals surface area contributed by atoms with Crippen LogP contribution in [0.25, 0.3) is 0 Å². The van der Waals surface area contributed by atoms with Gasteiger partial charge in [-0.15, -0.1) is 0 Å². The van der Waals surface area contributed by atoms with Crippen molar-refractivity contribution in [3.8, 4) is 0 Å². The van der Waals surface area contributed by atoms with Crippen molar-refractivity contribution in [2.75, 3.05) is 31.1 Å². The van der Waals surface area contributed by atoms with Crippen molar-refractivity contribution >= 4 is 12.0 Å². The van der Waals surface area contributed by atoms with Crippen molar-refractivity contribution in [3.63, 3.8) is 0 Å². The molecule has 1 heterocycles. The normalized spacial score (nSPS) is 16.6. The van der Waals surface area contributed by atoms with Crippen molar-refractivity contribution in [2.45, 2.75) is 40.7 Å². The van der Waals surface area contributed by atoms with E-state index in [1.165, 1.54) is 33.5 Å². The summed E-state index contributed by atoms with van der Waals surface area (Å²) in [5, 5.41) is 0. The Hall–Kier alpha value is -2.13. The predicted octanol–water partition coefficient (Wildman–Crippen LogP) is 4.62. The number of piperazine rings is 1. The fourth-order valence-electron chi connectivity index (χ4n) is 4.38.